The second-order valence-corrected chi connectivity index (χ2v) is 6.07. The van der Waals surface area contributed by atoms with Crippen molar-refractivity contribution < 1.29 is 0 Å². The molecule has 4 heteroatoms. The van der Waals surface area contributed by atoms with Crippen molar-refractivity contribution in [2.24, 2.45) is 5.73 Å². The highest BCUT2D eigenvalue weighted by atomic mass is 79.9. The van der Waals surface area contributed by atoms with E-state index in [2.05, 4.69) is 39.0 Å². The summed E-state index contributed by atoms with van der Waals surface area (Å²) < 4.78 is 1.14. The minimum Gasteiger partial charge on any atom is -0.370 e. The van der Waals surface area contributed by atoms with Gasteiger partial charge >= 0.3 is 0 Å². The number of thioether (sulfide) groups is 1. The van der Waals surface area contributed by atoms with Crippen LogP contribution < -0.4 is 10.6 Å². The van der Waals surface area contributed by atoms with Crippen LogP contribution in [0.15, 0.2) is 22.7 Å². The molecular formula is C12H17BrN2S. The van der Waals surface area contributed by atoms with Gasteiger partial charge in [0.25, 0.3) is 0 Å². The van der Waals surface area contributed by atoms with Gasteiger partial charge in [0.05, 0.1) is 0 Å². The molecule has 1 heterocycles. The molecule has 2 N–H and O–H groups in total. The zero-order chi connectivity index (χ0) is 11.4. The van der Waals surface area contributed by atoms with Gasteiger partial charge in [0.15, 0.2) is 0 Å². The van der Waals surface area contributed by atoms with E-state index >= 15 is 0 Å². The van der Waals surface area contributed by atoms with Gasteiger partial charge in [-0.3, -0.25) is 0 Å². The second kappa shape index (κ2) is 5.94. The molecule has 0 aliphatic carbocycles. The van der Waals surface area contributed by atoms with Crippen molar-refractivity contribution >= 4 is 33.4 Å². The van der Waals surface area contributed by atoms with Crippen LogP contribution in [0, 0.1) is 0 Å². The van der Waals surface area contributed by atoms with Gasteiger partial charge in [0.1, 0.15) is 0 Å². The summed E-state index contributed by atoms with van der Waals surface area (Å²) in [5.41, 5.74) is 8.35. The maximum Gasteiger partial charge on any atom is 0.0423 e. The van der Waals surface area contributed by atoms with E-state index in [-0.39, 0.29) is 0 Å². The minimum absolute atomic E-state index is 0.617. The lowest BCUT2D eigenvalue weighted by Crippen LogP contribution is -2.27. The van der Waals surface area contributed by atoms with Gasteiger partial charge in [-0.1, -0.05) is 22.0 Å². The smallest absolute Gasteiger partial charge is 0.0423 e. The average Bonchev–Trinajstić information content (AvgIpc) is 2.57. The zero-order valence-electron chi connectivity index (χ0n) is 9.29. The molecule has 1 aromatic carbocycles. The molecule has 1 aromatic rings. The fourth-order valence-electron chi connectivity index (χ4n) is 1.99. The van der Waals surface area contributed by atoms with Crippen LogP contribution in [0.3, 0.4) is 0 Å². The molecular weight excluding hydrogens is 284 g/mol. The highest BCUT2D eigenvalue weighted by molar-refractivity contribution is 9.10. The molecule has 88 valence electrons. The largest absolute Gasteiger partial charge is 0.370 e. The van der Waals surface area contributed by atoms with Crippen LogP contribution in [0.2, 0.25) is 0 Å². The Labute approximate surface area is 110 Å². The Morgan fingerprint density at radius 1 is 1.31 bits per heavy atom. The van der Waals surface area contributed by atoms with Gasteiger partial charge in [0, 0.05) is 35.5 Å². The molecule has 0 aromatic heterocycles. The summed E-state index contributed by atoms with van der Waals surface area (Å²) in [6.07, 6.45) is 1.27. The summed E-state index contributed by atoms with van der Waals surface area (Å²) in [4.78, 5) is 2.47. The number of benzene rings is 1. The first kappa shape index (κ1) is 12.3. The van der Waals surface area contributed by atoms with Crippen molar-refractivity contribution in [1.82, 2.24) is 0 Å². The van der Waals surface area contributed by atoms with Gasteiger partial charge < -0.3 is 10.6 Å². The number of halogens is 1. The molecule has 1 aliphatic heterocycles. The topological polar surface area (TPSA) is 29.3 Å². The van der Waals surface area contributed by atoms with Crippen LogP contribution >= 0.6 is 27.7 Å². The van der Waals surface area contributed by atoms with Crippen molar-refractivity contribution in [2.45, 2.75) is 13.0 Å². The summed E-state index contributed by atoms with van der Waals surface area (Å²) in [6.45, 7) is 2.90. The quantitative estimate of drug-likeness (QED) is 0.911. The number of hydrogen-bond acceptors (Lipinski definition) is 3. The summed E-state index contributed by atoms with van der Waals surface area (Å²) >= 11 is 5.59. The van der Waals surface area contributed by atoms with E-state index in [1.165, 1.54) is 29.2 Å². The maximum absolute atomic E-state index is 5.80. The van der Waals surface area contributed by atoms with Gasteiger partial charge in [-0.15, -0.1) is 0 Å². The molecule has 0 saturated carbocycles. The number of anilines is 1. The van der Waals surface area contributed by atoms with Gasteiger partial charge in [0.2, 0.25) is 0 Å². The molecule has 1 aliphatic rings. The Kier molecular flexibility index (Phi) is 4.55. The van der Waals surface area contributed by atoms with Crippen molar-refractivity contribution in [1.29, 1.82) is 0 Å². The van der Waals surface area contributed by atoms with Crippen LogP contribution in [0.4, 0.5) is 5.69 Å². The SMILES string of the molecule is NCc1ccc(Br)cc1N1CCCSCC1. The van der Waals surface area contributed by atoms with Crippen molar-refractivity contribution in [3.05, 3.63) is 28.2 Å². The monoisotopic (exact) mass is 300 g/mol. The van der Waals surface area contributed by atoms with Crippen LogP contribution in [-0.4, -0.2) is 24.6 Å². The first-order valence-electron chi connectivity index (χ1n) is 5.62. The molecule has 0 bridgehead atoms. The normalized spacial score (nSPS) is 17.2. The third-order valence-electron chi connectivity index (χ3n) is 2.83. The fraction of sp³-hybridized carbons (Fsp3) is 0.500. The summed E-state index contributed by atoms with van der Waals surface area (Å²) in [5.74, 6) is 2.50. The Balaban J connectivity index is 2.25. The highest BCUT2D eigenvalue weighted by Gasteiger charge is 2.13. The molecule has 1 fully saturated rings. The molecule has 0 spiro atoms. The van der Waals surface area contributed by atoms with E-state index in [4.69, 9.17) is 5.73 Å². The average molecular weight is 301 g/mol. The van der Waals surface area contributed by atoms with Crippen LogP contribution in [-0.2, 0) is 6.54 Å². The third-order valence-corrected chi connectivity index (χ3v) is 4.37. The molecule has 0 unspecified atom stereocenters. The van der Waals surface area contributed by atoms with Gasteiger partial charge in [-0.05, 0) is 29.9 Å². The molecule has 2 nitrogen and oxygen atoms in total. The predicted octanol–water partition coefficient (Wildman–Crippen LogP) is 2.85. The molecule has 2 rings (SSSR count). The Bertz CT molecular complexity index is 349. The third kappa shape index (κ3) is 2.93. The number of rotatable bonds is 2. The van der Waals surface area contributed by atoms with Crippen molar-refractivity contribution in [3.63, 3.8) is 0 Å². The first-order chi connectivity index (χ1) is 7.81. The maximum atomic E-state index is 5.80. The lowest BCUT2D eigenvalue weighted by Gasteiger charge is -2.25. The fourth-order valence-corrected chi connectivity index (χ4v) is 3.23. The molecule has 0 atom stereocenters. The van der Waals surface area contributed by atoms with Crippen LogP contribution in [0.5, 0.6) is 0 Å². The summed E-state index contributed by atoms with van der Waals surface area (Å²) in [5, 5.41) is 0. The molecule has 1 saturated heterocycles. The van der Waals surface area contributed by atoms with Crippen LogP contribution in [0.1, 0.15) is 12.0 Å². The van der Waals surface area contributed by atoms with E-state index in [0.29, 0.717) is 6.54 Å². The second-order valence-electron chi connectivity index (χ2n) is 3.93. The van der Waals surface area contributed by atoms with Crippen LogP contribution in [0.25, 0.3) is 0 Å². The zero-order valence-corrected chi connectivity index (χ0v) is 11.7. The number of nitrogens with two attached hydrogens (primary N) is 1. The van der Waals surface area contributed by atoms with Crippen molar-refractivity contribution in [2.75, 3.05) is 29.5 Å². The summed E-state index contributed by atoms with van der Waals surface area (Å²) in [7, 11) is 0. The molecule has 16 heavy (non-hydrogen) atoms. The predicted molar refractivity (Wildman–Crippen MR) is 76.2 cm³/mol. The van der Waals surface area contributed by atoms with E-state index in [0.717, 1.165) is 17.6 Å². The number of hydrogen-bond donors (Lipinski definition) is 1. The van der Waals surface area contributed by atoms with Crippen molar-refractivity contribution in [3.8, 4) is 0 Å². The van der Waals surface area contributed by atoms with Gasteiger partial charge in [-0.2, -0.15) is 11.8 Å². The molecule has 0 amide bonds. The standard InChI is InChI=1S/C12H17BrN2S/c13-11-3-2-10(9-14)12(8-11)15-4-1-6-16-7-5-15/h2-3,8H,1,4-7,9,14H2. The minimum atomic E-state index is 0.617. The van der Waals surface area contributed by atoms with E-state index in [1.54, 1.807) is 0 Å². The summed E-state index contributed by atoms with van der Waals surface area (Å²) in [6, 6.07) is 6.38. The Hall–Kier alpha value is -0.190. The Morgan fingerprint density at radius 3 is 3.00 bits per heavy atom. The van der Waals surface area contributed by atoms with E-state index < -0.39 is 0 Å². The lowest BCUT2D eigenvalue weighted by molar-refractivity contribution is 0.808. The first-order valence-corrected chi connectivity index (χ1v) is 7.57. The highest BCUT2D eigenvalue weighted by Crippen LogP contribution is 2.26. The Morgan fingerprint density at radius 2 is 2.19 bits per heavy atom. The van der Waals surface area contributed by atoms with E-state index in [9.17, 15) is 0 Å². The van der Waals surface area contributed by atoms with E-state index in [1.807, 2.05) is 11.8 Å². The lowest BCUT2D eigenvalue weighted by atomic mass is 10.1. The van der Waals surface area contributed by atoms with Gasteiger partial charge in [-0.25, -0.2) is 0 Å². The molecule has 0 radical (unpaired) electrons. The number of nitrogens with zero attached hydrogens (tertiary/aromatic N) is 1.